The molecule has 78 valence electrons. The summed E-state index contributed by atoms with van der Waals surface area (Å²) in [7, 11) is 1.96. The molecule has 1 nitrogen and oxygen atoms in total. The van der Waals surface area contributed by atoms with Gasteiger partial charge in [0.05, 0.1) is 0 Å². The fourth-order valence-electron chi connectivity index (χ4n) is 1.50. The zero-order valence-corrected chi connectivity index (χ0v) is 9.91. The smallest absolute Gasteiger partial charge is 0.249 e. The predicted molar refractivity (Wildman–Crippen MR) is 60.5 cm³/mol. The number of benzene rings is 1. The summed E-state index contributed by atoms with van der Waals surface area (Å²) in [5, 5.41) is 0. The van der Waals surface area contributed by atoms with Crippen LogP contribution in [0.2, 0.25) is 0 Å². The molecule has 0 amide bonds. The van der Waals surface area contributed by atoms with Crippen molar-refractivity contribution in [2.45, 2.75) is 32.8 Å². The highest BCUT2D eigenvalue weighted by molar-refractivity contribution is 7.16. The summed E-state index contributed by atoms with van der Waals surface area (Å²) in [4.78, 5) is 0. The van der Waals surface area contributed by atoms with Crippen molar-refractivity contribution in [2.75, 3.05) is 0 Å². The van der Waals surface area contributed by atoms with Gasteiger partial charge in [-0.15, -0.1) is 0 Å². The molecule has 0 saturated heterocycles. The first-order valence-electron chi connectivity index (χ1n) is 4.67. The van der Waals surface area contributed by atoms with E-state index in [0.29, 0.717) is 11.7 Å². The lowest BCUT2D eigenvalue weighted by Crippen LogP contribution is -2.01. The third-order valence-electron chi connectivity index (χ3n) is 2.11. The topological polar surface area (TPSA) is 9.23 Å². The molecule has 14 heavy (non-hydrogen) atoms. The minimum Gasteiger partial charge on any atom is -0.457 e. The molecule has 0 N–H and O–H groups in total. The molecule has 0 saturated carbocycles. The lowest BCUT2D eigenvalue weighted by molar-refractivity contribution is 0.153. The van der Waals surface area contributed by atoms with E-state index in [0.717, 1.165) is 5.56 Å². The molecule has 2 unspecified atom stereocenters. The van der Waals surface area contributed by atoms with Crippen LogP contribution in [0, 0.1) is 6.92 Å². The molecule has 0 aliphatic carbocycles. The molecule has 0 fully saturated rings. The second kappa shape index (κ2) is 4.75. The van der Waals surface area contributed by atoms with Crippen molar-refractivity contribution >= 4 is 9.24 Å². The van der Waals surface area contributed by atoms with Crippen molar-refractivity contribution in [3.63, 3.8) is 0 Å². The Bertz CT molecular complexity index is 310. The van der Waals surface area contributed by atoms with Crippen LogP contribution in [-0.2, 0) is 0 Å². The number of rotatable bonds is 3. The first-order chi connectivity index (χ1) is 6.50. The second-order valence-electron chi connectivity index (χ2n) is 3.64. The minimum atomic E-state index is -1.33. The third-order valence-corrected chi connectivity index (χ3v) is 2.25. The van der Waals surface area contributed by atoms with E-state index in [1.54, 1.807) is 6.07 Å². The van der Waals surface area contributed by atoms with Gasteiger partial charge in [0.15, 0.2) is 0 Å². The van der Waals surface area contributed by atoms with Crippen LogP contribution in [-0.4, -0.2) is 6.10 Å². The molecular weight excluding hydrogens is 198 g/mol. The average molecular weight is 214 g/mol. The summed E-state index contributed by atoms with van der Waals surface area (Å²) < 4.78 is 17.4. The highest BCUT2D eigenvalue weighted by Gasteiger charge is 2.06. The van der Waals surface area contributed by atoms with E-state index in [-0.39, 0.29) is 0 Å². The number of halogens is 1. The lowest BCUT2D eigenvalue weighted by atomic mass is 9.98. The minimum absolute atomic E-state index is 0.487. The molecular formula is C11H16FOP. The molecule has 0 aromatic heterocycles. The number of ether oxygens (including phenoxy) is 1. The summed E-state index contributed by atoms with van der Waals surface area (Å²) in [5.41, 5.74) is 2.42. The normalized spacial score (nSPS) is 13.0. The van der Waals surface area contributed by atoms with E-state index in [2.05, 4.69) is 13.8 Å². The molecule has 3 heteroatoms. The van der Waals surface area contributed by atoms with Gasteiger partial charge in [-0.3, -0.25) is 0 Å². The van der Waals surface area contributed by atoms with Gasteiger partial charge in [-0.2, -0.15) is 4.39 Å². The van der Waals surface area contributed by atoms with Crippen LogP contribution in [0.15, 0.2) is 18.2 Å². The van der Waals surface area contributed by atoms with E-state index in [4.69, 9.17) is 4.74 Å². The van der Waals surface area contributed by atoms with Gasteiger partial charge < -0.3 is 4.74 Å². The molecule has 1 aromatic rings. The van der Waals surface area contributed by atoms with Crippen LogP contribution < -0.4 is 4.74 Å². The first kappa shape index (κ1) is 11.5. The van der Waals surface area contributed by atoms with Crippen LogP contribution >= 0.6 is 9.24 Å². The lowest BCUT2D eigenvalue weighted by Gasteiger charge is -2.12. The van der Waals surface area contributed by atoms with E-state index < -0.39 is 6.10 Å². The molecule has 0 aliphatic heterocycles. The Labute approximate surface area is 86.9 Å². The summed E-state index contributed by atoms with van der Waals surface area (Å²) in [6.07, 6.45) is -1.33. The fourth-order valence-corrected chi connectivity index (χ4v) is 1.66. The summed E-state index contributed by atoms with van der Waals surface area (Å²) >= 11 is 0. The quantitative estimate of drug-likeness (QED) is 0.698. The van der Waals surface area contributed by atoms with Crippen molar-refractivity contribution in [1.82, 2.24) is 0 Å². The maximum Gasteiger partial charge on any atom is 0.249 e. The average Bonchev–Trinajstić information content (AvgIpc) is 2.01. The Kier molecular flexibility index (Phi) is 3.88. The monoisotopic (exact) mass is 214 g/mol. The van der Waals surface area contributed by atoms with Gasteiger partial charge in [-0.25, -0.2) is 0 Å². The molecule has 0 heterocycles. The maximum atomic E-state index is 12.5. The summed E-state index contributed by atoms with van der Waals surface area (Å²) in [5.74, 6) is 1.07. The molecule has 2 atom stereocenters. The molecule has 0 spiro atoms. The molecule has 1 aromatic carbocycles. The van der Waals surface area contributed by atoms with Gasteiger partial charge in [-0.1, -0.05) is 29.2 Å². The summed E-state index contributed by atoms with van der Waals surface area (Å²) in [6.45, 7) is 6.28. The van der Waals surface area contributed by atoms with E-state index >= 15 is 0 Å². The Balaban J connectivity index is 2.89. The second-order valence-corrected chi connectivity index (χ2v) is 4.17. The standard InChI is InChI=1S/C11H16FOP/c1-7(2)10-5-4-9(6-8(10)3)13-11(12)14/h4-7,11H,14H2,1-3H3. The van der Waals surface area contributed by atoms with Crippen molar-refractivity contribution in [3.8, 4) is 5.75 Å². The number of aryl methyl sites for hydroxylation is 1. The van der Waals surface area contributed by atoms with Crippen molar-refractivity contribution in [3.05, 3.63) is 29.3 Å². The van der Waals surface area contributed by atoms with Crippen molar-refractivity contribution < 1.29 is 9.13 Å². The van der Waals surface area contributed by atoms with Gasteiger partial charge in [0.2, 0.25) is 6.10 Å². The first-order valence-corrected chi connectivity index (χ1v) is 5.34. The SMILES string of the molecule is Cc1cc(OC(F)P)ccc1C(C)C. The van der Waals surface area contributed by atoms with E-state index in [9.17, 15) is 4.39 Å². The third kappa shape index (κ3) is 2.95. The van der Waals surface area contributed by atoms with Gasteiger partial charge in [0.25, 0.3) is 0 Å². The Morgan fingerprint density at radius 3 is 2.43 bits per heavy atom. The fraction of sp³-hybridized carbons (Fsp3) is 0.455. The molecule has 0 aliphatic rings. The van der Waals surface area contributed by atoms with Crippen LogP contribution in [0.25, 0.3) is 0 Å². The van der Waals surface area contributed by atoms with Gasteiger partial charge in [0, 0.05) is 0 Å². The van der Waals surface area contributed by atoms with Crippen LogP contribution in [0.5, 0.6) is 5.75 Å². The number of alkyl halides is 1. The van der Waals surface area contributed by atoms with E-state index in [1.165, 1.54) is 5.56 Å². The van der Waals surface area contributed by atoms with Gasteiger partial charge >= 0.3 is 0 Å². The van der Waals surface area contributed by atoms with Gasteiger partial charge in [0.1, 0.15) is 5.75 Å². The Hall–Kier alpha value is -0.620. The molecule has 1 rings (SSSR count). The molecule has 0 bridgehead atoms. The molecule has 0 radical (unpaired) electrons. The highest BCUT2D eigenvalue weighted by Crippen LogP contribution is 2.24. The van der Waals surface area contributed by atoms with Crippen molar-refractivity contribution in [2.24, 2.45) is 0 Å². The number of hydrogen-bond donors (Lipinski definition) is 0. The largest absolute Gasteiger partial charge is 0.457 e. The Morgan fingerprint density at radius 2 is 2.00 bits per heavy atom. The predicted octanol–water partition coefficient (Wildman–Crippen LogP) is 3.63. The Morgan fingerprint density at radius 1 is 1.36 bits per heavy atom. The van der Waals surface area contributed by atoms with Crippen molar-refractivity contribution in [1.29, 1.82) is 0 Å². The van der Waals surface area contributed by atoms with Crippen LogP contribution in [0.4, 0.5) is 4.39 Å². The zero-order chi connectivity index (χ0) is 10.7. The summed E-state index contributed by atoms with van der Waals surface area (Å²) in [6, 6.07) is 5.66. The number of hydrogen-bond acceptors (Lipinski definition) is 1. The maximum absolute atomic E-state index is 12.5. The zero-order valence-electron chi connectivity index (χ0n) is 8.75. The van der Waals surface area contributed by atoms with Gasteiger partial charge in [-0.05, 0) is 36.1 Å². The van der Waals surface area contributed by atoms with E-state index in [1.807, 2.05) is 28.3 Å². The van der Waals surface area contributed by atoms with Crippen LogP contribution in [0.3, 0.4) is 0 Å². The van der Waals surface area contributed by atoms with Crippen LogP contribution in [0.1, 0.15) is 30.9 Å². The highest BCUT2D eigenvalue weighted by atomic mass is 31.0.